The molecule has 1 aliphatic carbocycles. The van der Waals surface area contributed by atoms with Crippen LogP contribution in [-0.4, -0.2) is 48.0 Å². The highest BCUT2D eigenvalue weighted by atomic mass is 16.6. The van der Waals surface area contributed by atoms with E-state index in [9.17, 15) is 4.79 Å². The summed E-state index contributed by atoms with van der Waals surface area (Å²) in [7, 11) is 1.53. The summed E-state index contributed by atoms with van der Waals surface area (Å²) in [5, 5.41) is 9.90. The first-order valence-corrected chi connectivity index (χ1v) is 8.77. The number of hydroxylamine groups is 1. The van der Waals surface area contributed by atoms with E-state index >= 15 is 0 Å². The molecule has 2 aromatic rings. The molecule has 0 atom stereocenters. The van der Waals surface area contributed by atoms with Gasteiger partial charge in [0.2, 0.25) is 5.88 Å². The van der Waals surface area contributed by atoms with Crippen LogP contribution in [-0.2, 0) is 16.0 Å². The summed E-state index contributed by atoms with van der Waals surface area (Å²) in [6.07, 6.45) is 5.15. The number of allylic oxidation sites excluding steroid dienone is 1. The Hall–Kier alpha value is -2.91. The highest BCUT2D eigenvalue weighted by molar-refractivity contribution is 6.06. The quantitative estimate of drug-likeness (QED) is 0.455. The number of hydrogen-bond acceptors (Lipinski definition) is 7. The molecule has 2 aromatic heterocycles. The van der Waals surface area contributed by atoms with E-state index in [0.717, 1.165) is 29.8 Å². The normalized spacial score (nSPS) is 12.9. The predicted molar refractivity (Wildman–Crippen MR) is 99.2 cm³/mol. The molecule has 3 N–H and O–H groups in total. The monoisotopic (exact) mass is 373 g/mol. The summed E-state index contributed by atoms with van der Waals surface area (Å²) < 4.78 is 10.7. The molecule has 2 heterocycles. The summed E-state index contributed by atoms with van der Waals surface area (Å²) in [6.45, 7) is 3.51. The van der Waals surface area contributed by atoms with E-state index in [1.807, 2.05) is 13.0 Å². The van der Waals surface area contributed by atoms with Gasteiger partial charge in [0.05, 0.1) is 36.9 Å². The standard InChI is InChI=1S/C18H23N5O4/c1-3-26-9-10-27-15-8-7-12(11-19-15)20-18(24)17-16-13(21-22-17)5-4-6-14(16)23-25-2/h6-8,11,23H,3-5,9-10H2,1-2H3,(H,20,24)(H,21,22). The highest BCUT2D eigenvalue weighted by Crippen LogP contribution is 2.26. The molecule has 9 nitrogen and oxygen atoms in total. The fourth-order valence-corrected chi connectivity index (χ4v) is 2.76. The van der Waals surface area contributed by atoms with Crippen LogP contribution in [0.5, 0.6) is 5.88 Å². The van der Waals surface area contributed by atoms with Gasteiger partial charge in [0, 0.05) is 18.4 Å². The number of nitrogens with one attached hydrogen (secondary N) is 3. The number of aromatic amines is 1. The van der Waals surface area contributed by atoms with E-state index in [1.54, 1.807) is 12.1 Å². The van der Waals surface area contributed by atoms with Gasteiger partial charge in [0.1, 0.15) is 6.61 Å². The van der Waals surface area contributed by atoms with Crippen LogP contribution < -0.4 is 15.5 Å². The summed E-state index contributed by atoms with van der Waals surface area (Å²) in [4.78, 5) is 21.8. The molecule has 0 fully saturated rings. The third-order valence-electron chi connectivity index (χ3n) is 3.96. The Morgan fingerprint density at radius 3 is 2.96 bits per heavy atom. The molecule has 1 amide bonds. The van der Waals surface area contributed by atoms with Crippen LogP contribution in [0.3, 0.4) is 0 Å². The van der Waals surface area contributed by atoms with E-state index < -0.39 is 0 Å². The molecular weight excluding hydrogens is 350 g/mol. The minimum atomic E-state index is -0.329. The van der Waals surface area contributed by atoms with Crippen LogP contribution in [0, 0.1) is 0 Å². The minimum Gasteiger partial charge on any atom is -0.475 e. The van der Waals surface area contributed by atoms with E-state index in [0.29, 0.717) is 37.1 Å². The van der Waals surface area contributed by atoms with Gasteiger partial charge in [0.25, 0.3) is 5.91 Å². The smallest absolute Gasteiger partial charge is 0.276 e. The van der Waals surface area contributed by atoms with Crippen molar-refractivity contribution >= 4 is 17.3 Å². The Labute approximate surface area is 157 Å². The van der Waals surface area contributed by atoms with E-state index in [1.165, 1.54) is 13.3 Å². The fraction of sp³-hybridized carbons (Fsp3) is 0.389. The molecule has 144 valence electrons. The van der Waals surface area contributed by atoms with Gasteiger partial charge in [-0.15, -0.1) is 0 Å². The van der Waals surface area contributed by atoms with Crippen molar-refractivity contribution in [3.8, 4) is 5.88 Å². The van der Waals surface area contributed by atoms with Gasteiger partial charge in [0.15, 0.2) is 5.69 Å². The number of nitrogens with zero attached hydrogens (tertiary/aromatic N) is 2. The number of amides is 1. The van der Waals surface area contributed by atoms with Crippen molar-refractivity contribution in [1.82, 2.24) is 20.7 Å². The average Bonchev–Trinajstić information content (AvgIpc) is 3.12. The maximum atomic E-state index is 12.7. The number of ether oxygens (including phenoxy) is 2. The molecule has 0 spiro atoms. The SMILES string of the molecule is CCOCCOc1ccc(NC(=O)c2n[nH]c3c2C(NOC)=CCC3)cn1. The lowest BCUT2D eigenvalue weighted by Crippen LogP contribution is -2.19. The third-order valence-corrected chi connectivity index (χ3v) is 3.96. The average molecular weight is 373 g/mol. The number of H-pyrrole nitrogens is 1. The van der Waals surface area contributed by atoms with Gasteiger partial charge < -0.3 is 14.8 Å². The van der Waals surface area contributed by atoms with Crippen molar-refractivity contribution in [1.29, 1.82) is 0 Å². The van der Waals surface area contributed by atoms with Crippen LogP contribution in [0.1, 0.15) is 35.1 Å². The van der Waals surface area contributed by atoms with E-state index in [4.69, 9.17) is 14.3 Å². The summed E-state index contributed by atoms with van der Waals surface area (Å²) in [5.41, 5.74) is 6.02. The van der Waals surface area contributed by atoms with Crippen molar-refractivity contribution in [2.24, 2.45) is 0 Å². The molecule has 27 heavy (non-hydrogen) atoms. The van der Waals surface area contributed by atoms with E-state index in [-0.39, 0.29) is 5.91 Å². The number of aryl methyl sites for hydroxylation is 1. The molecule has 0 radical (unpaired) electrons. The largest absolute Gasteiger partial charge is 0.475 e. The van der Waals surface area contributed by atoms with Crippen molar-refractivity contribution in [2.45, 2.75) is 19.8 Å². The molecule has 0 unspecified atom stereocenters. The maximum absolute atomic E-state index is 12.7. The highest BCUT2D eigenvalue weighted by Gasteiger charge is 2.24. The molecule has 9 heteroatoms. The Morgan fingerprint density at radius 2 is 2.22 bits per heavy atom. The lowest BCUT2D eigenvalue weighted by Gasteiger charge is -2.15. The molecule has 0 aromatic carbocycles. The van der Waals surface area contributed by atoms with E-state index in [2.05, 4.69) is 26.0 Å². The second kappa shape index (κ2) is 9.15. The van der Waals surface area contributed by atoms with Crippen molar-refractivity contribution in [3.05, 3.63) is 41.4 Å². The molecule has 0 saturated carbocycles. The number of fused-ring (bicyclic) bond motifs is 1. The summed E-state index contributed by atoms with van der Waals surface area (Å²) in [6, 6.07) is 3.42. The predicted octanol–water partition coefficient (Wildman–Crippen LogP) is 1.91. The molecule has 3 rings (SSSR count). The van der Waals surface area contributed by atoms with Gasteiger partial charge in [-0.2, -0.15) is 5.10 Å². The maximum Gasteiger partial charge on any atom is 0.276 e. The van der Waals surface area contributed by atoms with Crippen LogP contribution >= 0.6 is 0 Å². The zero-order chi connectivity index (χ0) is 19.1. The van der Waals surface area contributed by atoms with Crippen LogP contribution in [0.2, 0.25) is 0 Å². The van der Waals surface area contributed by atoms with Gasteiger partial charge in [-0.05, 0) is 25.8 Å². The topological polar surface area (TPSA) is 110 Å². The fourth-order valence-electron chi connectivity index (χ4n) is 2.76. The number of hydrogen-bond donors (Lipinski definition) is 3. The lowest BCUT2D eigenvalue weighted by molar-refractivity contribution is 0.102. The molecule has 0 bridgehead atoms. The van der Waals surface area contributed by atoms with Gasteiger partial charge in [-0.3, -0.25) is 20.2 Å². The Bertz CT molecular complexity index is 801. The Balaban J connectivity index is 1.65. The number of carbonyl (C=O) groups excluding carboxylic acids is 1. The van der Waals surface area contributed by atoms with Crippen molar-refractivity contribution in [3.63, 3.8) is 0 Å². The second-order valence-corrected chi connectivity index (χ2v) is 5.77. The first kappa shape index (κ1) is 18.9. The lowest BCUT2D eigenvalue weighted by atomic mass is 9.99. The summed E-state index contributed by atoms with van der Waals surface area (Å²) in [5.74, 6) is 0.143. The van der Waals surface area contributed by atoms with Gasteiger partial charge in [-0.25, -0.2) is 4.98 Å². The summed E-state index contributed by atoms with van der Waals surface area (Å²) >= 11 is 0. The number of pyridine rings is 1. The molecular formula is C18H23N5O4. The number of anilines is 1. The second-order valence-electron chi connectivity index (χ2n) is 5.77. The van der Waals surface area contributed by atoms with Crippen LogP contribution in [0.15, 0.2) is 24.4 Å². The number of aromatic nitrogens is 3. The zero-order valence-electron chi connectivity index (χ0n) is 15.4. The zero-order valence-corrected chi connectivity index (χ0v) is 15.4. The van der Waals surface area contributed by atoms with Crippen LogP contribution in [0.4, 0.5) is 5.69 Å². The molecule has 0 saturated heterocycles. The van der Waals surface area contributed by atoms with Crippen molar-refractivity contribution in [2.75, 3.05) is 32.2 Å². The Morgan fingerprint density at radius 1 is 1.33 bits per heavy atom. The molecule has 1 aliphatic rings. The van der Waals surface area contributed by atoms with Gasteiger partial charge in [-0.1, -0.05) is 6.08 Å². The van der Waals surface area contributed by atoms with Gasteiger partial charge >= 0.3 is 0 Å². The third kappa shape index (κ3) is 4.63. The minimum absolute atomic E-state index is 0.303. The first-order valence-electron chi connectivity index (χ1n) is 8.77. The first-order chi connectivity index (χ1) is 13.2. The van der Waals surface area contributed by atoms with Crippen molar-refractivity contribution < 1.29 is 19.1 Å². The Kier molecular flexibility index (Phi) is 6.39. The number of rotatable bonds is 9. The van der Waals surface area contributed by atoms with Crippen LogP contribution in [0.25, 0.3) is 5.70 Å². The molecule has 0 aliphatic heterocycles. The number of carbonyl (C=O) groups is 1.